The van der Waals surface area contributed by atoms with Gasteiger partial charge in [-0.3, -0.25) is 14.6 Å². The predicted octanol–water partition coefficient (Wildman–Crippen LogP) is 1.52. The van der Waals surface area contributed by atoms with E-state index in [0.717, 1.165) is 0 Å². The Kier molecular flexibility index (Phi) is 4.74. The first-order valence-electron chi connectivity index (χ1n) is 7.46. The lowest BCUT2D eigenvalue weighted by Gasteiger charge is -2.12. The van der Waals surface area contributed by atoms with Crippen molar-refractivity contribution in [2.45, 2.75) is 13.0 Å². The fourth-order valence-corrected chi connectivity index (χ4v) is 2.03. The van der Waals surface area contributed by atoms with Gasteiger partial charge in [-0.1, -0.05) is 0 Å². The summed E-state index contributed by atoms with van der Waals surface area (Å²) in [5.74, 6) is -0.577. The van der Waals surface area contributed by atoms with E-state index in [2.05, 4.69) is 30.7 Å². The van der Waals surface area contributed by atoms with Crippen molar-refractivity contribution in [2.75, 3.05) is 10.6 Å². The number of anilines is 2. The minimum atomic E-state index is -0.487. The van der Waals surface area contributed by atoms with Crippen LogP contribution in [0.15, 0.2) is 55.5 Å². The quantitative estimate of drug-likeness (QED) is 0.729. The summed E-state index contributed by atoms with van der Waals surface area (Å²) in [7, 11) is 0. The van der Waals surface area contributed by atoms with Crippen molar-refractivity contribution in [2.24, 2.45) is 0 Å². The highest BCUT2D eigenvalue weighted by Crippen LogP contribution is 2.16. The Balaban J connectivity index is 1.60. The third-order valence-corrected chi connectivity index (χ3v) is 3.42. The molecule has 126 valence electrons. The normalized spacial score (nSPS) is 11.6. The molecule has 1 aromatic carbocycles. The summed E-state index contributed by atoms with van der Waals surface area (Å²) in [6, 6.07) is 6.27. The van der Waals surface area contributed by atoms with Crippen molar-refractivity contribution in [1.29, 1.82) is 0 Å². The summed E-state index contributed by atoms with van der Waals surface area (Å²) in [6.07, 6.45) is 7.18. The molecule has 0 spiro atoms. The van der Waals surface area contributed by atoms with Crippen molar-refractivity contribution in [3.8, 4) is 0 Å². The highest BCUT2D eigenvalue weighted by Gasteiger charge is 2.15. The summed E-state index contributed by atoms with van der Waals surface area (Å²) in [5.41, 5.74) is 1.41. The smallest absolute Gasteiger partial charge is 0.275 e. The number of hydrogen-bond donors (Lipinski definition) is 2. The van der Waals surface area contributed by atoms with E-state index < -0.39 is 6.04 Å². The number of carbonyl (C=O) groups is 2. The van der Waals surface area contributed by atoms with E-state index in [1.807, 2.05) is 0 Å². The summed E-state index contributed by atoms with van der Waals surface area (Å²) in [4.78, 5) is 35.8. The molecule has 2 heterocycles. The molecule has 0 aliphatic rings. The van der Waals surface area contributed by atoms with Crippen LogP contribution in [0.2, 0.25) is 0 Å². The van der Waals surface area contributed by atoms with Gasteiger partial charge in [0.25, 0.3) is 5.91 Å². The molecule has 2 amide bonds. The molecule has 0 bridgehead atoms. The van der Waals surface area contributed by atoms with Crippen LogP contribution in [0.5, 0.6) is 0 Å². The van der Waals surface area contributed by atoms with E-state index in [1.54, 1.807) is 31.2 Å². The van der Waals surface area contributed by atoms with E-state index in [9.17, 15) is 9.59 Å². The molecule has 0 saturated heterocycles. The van der Waals surface area contributed by atoms with Crippen molar-refractivity contribution in [3.05, 3.63) is 61.2 Å². The van der Waals surface area contributed by atoms with Gasteiger partial charge in [0, 0.05) is 23.8 Å². The number of nitrogens with one attached hydrogen (secondary N) is 2. The molecular formula is C16H15N7O2. The number of amides is 2. The zero-order valence-corrected chi connectivity index (χ0v) is 13.3. The van der Waals surface area contributed by atoms with Gasteiger partial charge in [-0.2, -0.15) is 5.10 Å². The minimum absolute atomic E-state index is 0.221. The summed E-state index contributed by atoms with van der Waals surface area (Å²) >= 11 is 0. The zero-order chi connectivity index (χ0) is 17.6. The first-order valence-corrected chi connectivity index (χ1v) is 7.46. The maximum Gasteiger partial charge on any atom is 0.275 e. The Morgan fingerprint density at radius 1 is 1.04 bits per heavy atom. The van der Waals surface area contributed by atoms with E-state index in [1.165, 1.54) is 35.9 Å². The summed E-state index contributed by atoms with van der Waals surface area (Å²) in [6.45, 7) is 1.72. The maximum atomic E-state index is 12.2. The average Bonchev–Trinajstić information content (AvgIpc) is 3.18. The molecular weight excluding hydrogens is 322 g/mol. The molecule has 9 heteroatoms. The van der Waals surface area contributed by atoms with Gasteiger partial charge in [0.1, 0.15) is 24.4 Å². The topological polar surface area (TPSA) is 115 Å². The molecule has 0 unspecified atom stereocenters. The van der Waals surface area contributed by atoms with Crippen LogP contribution in [-0.4, -0.2) is 36.5 Å². The number of benzene rings is 1. The van der Waals surface area contributed by atoms with E-state index in [0.29, 0.717) is 11.4 Å². The number of hydrogen-bond acceptors (Lipinski definition) is 6. The van der Waals surface area contributed by atoms with Crippen LogP contribution >= 0.6 is 0 Å². The summed E-state index contributed by atoms with van der Waals surface area (Å²) < 4.78 is 1.46. The van der Waals surface area contributed by atoms with Gasteiger partial charge in [0.2, 0.25) is 5.91 Å². The average molecular weight is 337 g/mol. The Labute approximate surface area is 143 Å². The molecule has 0 fully saturated rings. The van der Waals surface area contributed by atoms with Crippen LogP contribution in [0.25, 0.3) is 0 Å². The standard InChI is InChI=1S/C16H15N7O2/c1-11(23-10-18-9-20-23)15(24)21-12-2-4-13(5-3-12)22-16(25)14-8-17-6-7-19-14/h2-11H,1H3,(H,21,24)(H,22,25)/t11-/m1/s1. The van der Waals surface area contributed by atoms with Crippen molar-refractivity contribution < 1.29 is 9.59 Å². The van der Waals surface area contributed by atoms with E-state index >= 15 is 0 Å². The SMILES string of the molecule is C[C@H](C(=O)Nc1ccc(NC(=O)c2cnccn2)cc1)n1cncn1. The largest absolute Gasteiger partial charge is 0.324 e. The monoisotopic (exact) mass is 337 g/mol. The molecule has 3 rings (SSSR count). The predicted molar refractivity (Wildman–Crippen MR) is 89.8 cm³/mol. The van der Waals surface area contributed by atoms with E-state index in [-0.39, 0.29) is 17.5 Å². The number of carbonyl (C=O) groups excluding carboxylic acids is 2. The molecule has 0 radical (unpaired) electrons. The maximum absolute atomic E-state index is 12.2. The second-order valence-corrected chi connectivity index (χ2v) is 5.16. The Morgan fingerprint density at radius 3 is 2.36 bits per heavy atom. The number of nitrogens with zero attached hydrogens (tertiary/aromatic N) is 5. The van der Waals surface area contributed by atoms with Gasteiger partial charge in [-0.05, 0) is 31.2 Å². The lowest BCUT2D eigenvalue weighted by atomic mass is 10.2. The fraction of sp³-hybridized carbons (Fsp3) is 0.125. The van der Waals surface area contributed by atoms with Crippen LogP contribution in [0, 0.1) is 0 Å². The van der Waals surface area contributed by atoms with Gasteiger partial charge in [0.05, 0.1) is 6.20 Å². The molecule has 3 aromatic rings. The van der Waals surface area contributed by atoms with Crippen LogP contribution < -0.4 is 10.6 Å². The molecule has 1 atom stereocenters. The van der Waals surface area contributed by atoms with Crippen molar-refractivity contribution >= 4 is 23.2 Å². The highest BCUT2D eigenvalue weighted by atomic mass is 16.2. The zero-order valence-electron chi connectivity index (χ0n) is 13.3. The van der Waals surface area contributed by atoms with Gasteiger partial charge in [0.15, 0.2) is 0 Å². The lowest BCUT2D eigenvalue weighted by Crippen LogP contribution is -2.24. The molecule has 9 nitrogen and oxygen atoms in total. The Morgan fingerprint density at radius 2 is 1.76 bits per heavy atom. The third-order valence-electron chi connectivity index (χ3n) is 3.42. The Bertz CT molecular complexity index is 848. The van der Waals surface area contributed by atoms with Crippen LogP contribution in [0.3, 0.4) is 0 Å². The number of rotatable bonds is 5. The Hall–Kier alpha value is -3.62. The first-order chi connectivity index (χ1) is 12.1. The molecule has 25 heavy (non-hydrogen) atoms. The second kappa shape index (κ2) is 7.30. The van der Waals surface area contributed by atoms with Crippen molar-refractivity contribution in [3.63, 3.8) is 0 Å². The highest BCUT2D eigenvalue weighted by molar-refractivity contribution is 6.02. The molecule has 2 N–H and O–H groups in total. The van der Waals surface area contributed by atoms with Crippen LogP contribution in [-0.2, 0) is 4.79 Å². The molecule has 0 saturated carbocycles. The minimum Gasteiger partial charge on any atom is -0.324 e. The van der Waals surface area contributed by atoms with Gasteiger partial charge in [-0.25, -0.2) is 14.6 Å². The van der Waals surface area contributed by atoms with Crippen molar-refractivity contribution in [1.82, 2.24) is 24.7 Å². The third kappa shape index (κ3) is 4.02. The lowest BCUT2D eigenvalue weighted by molar-refractivity contribution is -0.119. The van der Waals surface area contributed by atoms with Gasteiger partial charge in [-0.15, -0.1) is 0 Å². The molecule has 0 aliphatic carbocycles. The van der Waals surface area contributed by atoms with E-state index in [4.69, 9.17) is 0 Å². The fourth-order valence-electron chi connectivity index (χ4n) is 2.03. The van der Waals surface area contributed by atoms with Crippen LogP contribution in [0.1, 0.15) is 23.5 Å². The summed E-state index contributed by atoms with van der Waals surface area (Å²) in [5, 5.41) is 9.43. The first kappa shape index (κ1) is 16.2. The molecule has 2 aromatic heterocycles. The number of aromatic nitrogens is 5. The van der Waals surface area contributed by atoms with Gasteiger partial charge >= 0.3 is 0 Å². The second-order valence-electron chi connectivity index (χ2n) is 5.16. The molecule has 0 aliphatic heterocycles. The van der Waals surface area contributed by atoms with Crippen LogP contribution in [0.4, 0.5) is 11.4 Å². The van der Waals surface area contributed by atoms with Gasteiger partial charge < -0.3 is 10.6 Å².